The fourth-order valence-electron chi connectivity index (χ4n) is 2.44. The molecule has 1 heterocycles. The Morgan fingerprint density at radius 3 is 2.67 bits per heavy atom. The van der Waals surface area contributed by atoms with Crippen molar-refractivity contribution < 1.29 is 23.5 Å². The van der Waals surface area contributed by atoms with Crippen LogP contribution in [0.5, 0.6) is 0 Å². The highest BCUT2D eigenvalue weighted by Gasteiger charge is 2.44. The molecule has 0 saturated carbocycles. The maximum atomic E-state index is 13.5. The number of carbonyl (C=O) groups excluding carboxylic acids is 1. The number of nitrogens with zero attached hydrogens (tertiary/aromatic N) is 1. The number of carbonyl (C=O) groups is 2. The van der Waals surface area contributed by atoms with Crippen LogP contribution in [0.1, 0.15) is 26.2 Å². The number of anilines is 1. The number of carboxylic acid groups (broad SMARTS) is 1. The summed E-state index contributed by atoms with van der Waals surface area (Å²) in [5.74, 6) is -2.76. The predicted octanol–water partition coefficient (Wildman–Crippen LogP) is 2.83. The van der Waals surface area contributed by atoms with Crippen molar-refractivity contribution in [1.82, 2.24) is 4.90 Å². The van der Waals surface area contributed by atoms with Crippen LogP contribution in [0.2, 0.25) is 0 Å². The molecule has 1 aromatic rings. The Labute approximate surface area is 120 Å². The number of halogens is 2. The van der Waals surface area contributed by atoms with Gasteiger partial charge in [0.1, 0.15) is 17.2 Å². The lowest BCUT2D eigenvalue weighted by Crippen LogP contribution is -2.58. The van der Waals surface area contributed by atoms with Gasteiger partial charge in [-0.15, -0.1) is 0 Å². The summed E-state index contributed by atoms with van der Waals surface area (Å²) in [7, 11) is 0. The molecule has 5 nitrogen and oxygen atoms in total. The summed E-state index contributed by atoms with van der Waals surface area (Å²) in [5, 5.41) is 11.6. The fourth-order valence-corrected chi connectivity index (χ4v) is 2.44. The molecule has 0 spiro atoms. The zero-order valence-electron chi connectivity index (χ0n) is 11.5. The number of likely N-dealkylation sites (tertiary alicyclic amines) is 1. The van der Waals surface area contributed by atoms with Gasteiger partial charge in [0.05, 0.1) is 5.69 Å². The Morgan fingerprint density at radius 2 is 2.05 bits per heavy atom. The molecule has 1 aromatic carbocycles. The number of aliphatic carboxylic acids is 1. The van der Waals surface area contributed by atoms with Gasteiger partial charge in [-0.05, 0) is 38.3 Å². The summed E-state index contributed by atoms with van der Waals surface area (Å²) in [4.78, 5) is 24.8. The largest absolute Gasteiger partial charge is 0.480 e. The minimum atomic E-state index is -1.32. The van der Waals surface area contributed by atoms with Crippen LogP contribution in [0.15, 0.2) is 18.2 Å². The number of amides is 2. The van der Waals surface area contributed by atoms with Crippen LogP contribution in [-0.2, 0) is 4.79 Å². The van der Waals surface area contributed by atoms with Crippen molar-refractivity contribution in [3.63, 3.8) is 0 Å². The lowest BCUT2D eigenvalue weighted by molar-refractivity contribution is -0.150. The summed E-state index contributed by atoms with van der Waals surface area (Å²) in [6, 6.07) is 2.07. The summed E-state index contributed by atoms with van der Waals surface area (Å²) >= 11 is 0. The van der Waals surface area contributed by atoms with Crippen LogP contribution in [0.25, 0.3) is 0 Å². The van der Waals surface area contributed by atoms with Crippen molar-refractivity contribution in [2.45, 2.75) is 31.7 Å². The SMILES string of the molecule is CC1(C(=O)O)CCCCN1C(=O)Nc1ccc(F)cc1F. The van der Waals surface area contributed by atoms with E-state index >= 15 is 0 Å². The number of hydrogen-bond donors (Lipinski definition) is 2. The highest BCUT2D eigenvalue weighted by molar-refractivity contribution is 5.94. The van der Waals surface area contributed by atoms with Gasteiger partial charge in [0, 0.05) is 12.6 Å². The summed E-state index contributed by atoms with van der Waals surface area (Å²) in [6.45, 7) is 1.74. The van der Waals surface area contributed by atoms with Gasteiger partial charge in [-0.2, -0.15) is 0 Å². The monoisotopic (exact) mass is 298 g/mol. The van der Waals surface area contributed by atoms with E-state index in [9.17, 15) is 23.5 Å². The quantitative estimate of drug-likeness (QED) is 0.882. The maximum Gasteiger partial charge on any atom is 0.329 e. The minimum absolute atomic E-state index is 0.181. The number of nitrogens with one attached hydrogen (secondary N) is 1. The van der Waals surface area contributed by atoms with E-state index in [1.54, 1.807) is 0 Å². The second kappa shape index (κ2) is 5.67. The van der Waals surface area contributed by atoms with Crippen molar-refractivity contribution in [1.29, 1.82) is 0 Å². The predicted molar refractivity (Wildman–Crippen MR) is 72.0 cm³/mol. The van der Waals surface area contributed by atoms with Crippen molar-refractivity contribution in [3.05, 3.63) is 29.8 Å². The molecule has 1 unspecified atom stereocenters. The number of piperidine rings is 1. The first kappa shape index (κ1) is 15.2. The van der Waals surface area contributed by atoms with E-state index in [-0.39, 0.29) is 12.2 Å². The molecule has 1 saturated heterocycles. The van der Waals surface area contributed by atoms with Gasteiger partial charge in [0.25, 0.3) is 0 Å². The van der Waals surface area contributed by atoms with Gasteiger partial charge in [0.15, 0.2) is 0 Å². The molecule has 21 heavy (non-hydrogen) atoms. The summed E-state index contributed by atoms with van der Waals surface area (Å²) in [5.41, 5.74) is -1.50. The smallest absolute Gasteiger partial charge is 0.329 e. The van der Waals surface area contributed by atoms with E-state index in [1.165, 1.54) is 11.8 Å². The van der Waals surface area contributed by atoms with Crippen LogP contribution in [-0.4, -0.2) is 34.1 Å². The number of hydrogen-bond acceptors (Lipinski definition) is 2. The van der Waals surface area contributed by atoms with E-state index in [4.69, 9.17) is 0 Å². The Kier molecular flexibility index (Phi) is 4.11. The highest BCUT2D eigenvalue weighted by Crippen LogP contribution is 2.29. The molecule has 1 aliphatic rings. The van der Waals surface area contributed by atoms with E-state index in [2.05, 4.69) is 5.32 Å². The second-order valence-electron chi connectivity index (χ2n) is 5.24. The number of benzene rings is 1. The third-order valence-corrected chi connectivity index (χ3v) is 3.77. The van der Waals surface area contributed by atoms with Crippen LogP contribution in [0, 0.1) is 11.6 Å². The van der Waals surface area contributed by atoms with Gasteiger partial charge < -0.3 is 15.3 Å². The Hall–Kier alpha value is -2.18. The van der Waals surface area contributed by atoms with Gasteiger partial charge in [0.2, 0.25) is 0 Å². The molecule has 2 rings (SSSR count). The maximum absolute atomic E-state index is 13.5. The van der Waals surface area contributed by atoms with E-state index < -0.39 is 29.2 Å². The van der Waals surface area contributed by atoms with Crippen LogP contribution < -0.4 is 5.32 Å². The van der Waals surface area contributed by atoms with Gasteiger partial charge in [-0.3, -0.25) is 0 Å². The molecule has 1 atom stereocenters. The molecule has 114 valence electrons. The van der Waals surface area contributed by atoms with Gasteiger partial charge in [-0.1, -0.05) is 0 Å². The van der Waals surface area contributed by atoms with Crippen LogP contribution >= 0.6 is 0 Å². The number of rotatable bonds is 2. The molecule has 7 heteroatoms. The van der Waals surface area contributed by atoms with Crippen molar-refractivity contribution in [2.24, 2.45) is 0 Å². The average Bonchev–Trinajstić information content (AvgIpc) is 2.42. The Balaban J connectivity index is 2.20. The Morgan fingerprint density at radius 1 is 1.33 bits per heavy atom. The lowest BCUT2D eigenvalue weighted by Gasteiger charge is -2.41. The molecule has 2 amide bonds. The molecule has 0 aromatic heterocycles. The molecule has 2 N–H and O–H groups in total. The van der Waals surface area contributed by atoms with Crippen molar-refractivity contribution >= 4 is 17.7 Å². The standard InChI is InChI=1S/C14H16F2N2O3/c1-14(12(19)20)6-2-3-7-18(14)13(21)17-11-5-4-9(15)8-10(11)16/h4-5,8H,2-3,6-7H2,1H3,(H,17,21)(H,19,20). The molecular weight excluding hydrogens is 282 g/mol. The normalized spacial score (nSPS) is 22.0. The molecule has 1 aliphatic heterocycles. The zero-order valence-corrected chi connectivity index (χ0v) is 11.5. The van der Waals surface area contributed by atoms with E-state index in [0.29, 0.717) is 25.3 Å². The van der Waals surface area contributed by atoms with Gasteiger partial charge >= 0.3 is 12.0 Å². The van der Waals surface area contributed by atoms with Crippen LogP contribution in [0.4, 0.5) is 19.3 Å². The third kappa shape index (κ3) is 2.96. The molecule has 1 fully saturated rings. The molecular formula is C14H16F2N2O3. The molecule has 0 aliphatic carbocycles. The molecule has 0 radical (unpaired) electrons. The van der Waals surface area contributed by atoms with Crippen LogP contribution in [0.3, 0.4) is 0 Å². The Bertz CT molecular complexity index is 579. The van der Waals surface area contributed by atoms with Crippen molar-refractivity contribution in [3.8, 4) is 0 Å². The minimum Gasteiger partial charge on any atom is -0.480 e. The number of carboxylic acids is 1. The van der Waals surface area contributed by atoms with Crippen molar-refractivity contribution in [2.75, 3.05) is 11.9 Å². The summed E-state index contributed by atoms with van der Waals surface area (Å²) < 4.78 is 26.4. The topological polar surface area (TPSA) is 69.6 Å². The first-order valence-electron chi connectivity index (χ1n) is 6.61. The lowest BCUT2D eigenvalue weighted by atomic mass is 9.89. The fraction of sp³-hybridized carbons (Fsp3) is 0.429. The summed E-state index contributed by atoms with van der Waals surface area (Å²) in [6.07, 6.45) is 1.72. The van der Waals surface area contributed by atoms with Gasteiger partial charge in [-0.25, -0.2) is 18.4 Å². The first-order chi connectivity index (χ1) is 9.84. The first-order valence-corrected chi connectivity index (χ1v) is 6.61. The average molecular weight is 298 g/mol. The van der Waals surface area contributed by atoms with E-state index in [0.717, 1.165) is 12.1 Å². The highest BCUT2D eigenvalue weighted by atomic mass is 19.1. The second-order valence-corrected chi connectivity index (χ2v) is 5.24. The van der Waals surface area contributed by atoms with E-state index in [1.807, 2.05) is 0 Å². The zero-order chi connectivity index (χ0) is 15.6. The molecule has 0 bridgehead atoms. The number of urea groups is 1. The third-order valence-electron chi connectivity index (χ3n) is 3.77.